The quantitative estimate of drug-likeness (QED) is 0.516. The lowest BCUT2D eigenvalue weighted by Gasteiger charge is -2.35. The third kappa shape index (κ3) is 5.85. The Morgan fingerprint density at radius 3 is 2.26 bits per heavy atom. The van der Waals surface area contributed by atoms with Gasteiger partial charge in [0, 0.05) is 18.8 Å². The first-order valence-electron chi connectivity index (χ1n) is 10.9. The van der Waals surface area contributed by atoms with Crippen molar-refractivity contribution >= 4 is 11.9 Å². The Balaban J connectivity index is 2.07. The molecule has 8 nitrogen and oxygen atoms in total. The highest BCUT2D eigenvalue weighted by Gasteiger charge is 2.39. The smallest absolute Gasteiger partial charge is 0.434 e. The van der Waals surface area contributed by atoms with E-state index < -0.39 is 29.2 Å². The molecule has 2 heterocycles. The number of aromatic nitrogens is 2. The summed E-state index contributed by atoms with van der Waals surface area (Å²) in [6, 6.07) is 2.70. The second-order valence-corrected chi connectivity index (χ2v) is 7.62. The van der Waals surface area contributed by atoms with Crippen LogP contribution in [0.3, 0.4) is 0 Å². The van der Waals surface area contributed by atoms with Gasteiger partial charge in [-0.1, -0.05) is 0 Å². The summed E-state index contributed by atoms with van der Waals surface area (Å²) in [5, 5.41) is 12.4. The van der Waals surface area contributed by atoms with Crippen LogP contribution < -0.4 is 19.7 Å². The number of hydrogen-bond acceptors (Lipinski definition) is 7. The maximum Gasteiger partial charge on any atom is 0.434 e. The van der Waals surface area contributed by atoms with Crippen molar-refractivity contribution in [3.8, 4) is 11.5 Å². The van der Waals surface area contributed by atoms with Crippen molar-refractivity contribution < 1.29 is 36.9 Å². The number of carboxylic acids is 1. The van der Waals surface area contributed by atoms with Crippen LogP contribution in [0.4, 0.5) is 23.5 Å². The van der Waals surface area contributed by atoms with Gasteiger partial charge in [-0.2, -0.15) is 17.6 Å². The molecule has 0 spiro atoms. The minimum Gasteiger partial charge on any atom is -0.491 e. The Morgan fingerprint density at radius 2 is 1.76 bits per heavy atom. The van der Waals surface area contributed by atoms with E-state index in [2.05, 4.69) is 15.3 Å². The Bertz CT molecular complexity index is 986. The molecule has 2 N–H and O–H groups in total. The fraction of sp³-hybridized carbons (Fsp3) is 0.500. The van der Waals surface area contributed by atoms with E-state index in [9.17, 15) is 22.4 Å². The first-order valence-corrected chi connectivity index (χ1v) is 10.9. The Hall–Kier alpha value is -3.15. The number of nitrogens with one attached hydrogen (secondary N) is 1. The topological polar surface area (TPSA) is 96.8 Å². The van der Waals surface area contributed by atoms with Crippen molar-refractivity contribution in [3.05, 3.63) is 41.0 Å². The van der Waals surface area contributed by atoms with Crippen LogP contribution in [0.15, 0.2) is 18.3 Å². The average Bonchev–Trinajstić information content (AvgIpc) is 2.80. The lowest BCUT2D eigenvalue weighted by molar-refractivity contribution is -0.141. The summed E-state index contributed by atoms with van der Waals surface area (Å²) in [5.41, 5.74) is -2.03. The monoisotopic (exact) mass is 486 g/mol. The molecular formula is C22H26F4N4O4. The summed E-state index contributed by atoms with van der Waals surface area (Å²) in [6.45, 7) is 5.12. The third-order valence-corrected chi connectivity index (χ3v) is 5.30. The largest absolute Gasteiger partial charge is 0.491 e. The van der Waals surface area contributed by atoms with Gasteiger partial charge in [-0.15, -0.1) is 0 Å². The van der Waals surface area contributed by atoms with E-state index in [1.165, 1.54) is 12.1 Å². The predicted octanol–water partition coefficient (Wildman–Crippen LogP) is 3.89. The molecule has 12 heteroatoms. The van der Waals surface area contributed by atoms with Gasteiger partial charge in [0.05, 0.1) is 13.2 Å². The van der Waals surface area contributed by atoms with Gasteiger partial charge in [0.2, 0.25) is 11.8 Å². The Labute approximate surface area is 193 Å². The molecule has 186 valence electrons. The first kappa shape index (κ1) is 25.5. The van der Waals surface area contributed by atoms with Gasteiger partial charge in [-0.25, -0.2) is 14.8 Å². The van der Waals surface area contributed by atoms with Gasteiger partial charge in [-0.3, -0.25) is 0 Å². The van der Waals surface area contributed by atoms with Crippen molar-refractivity contribution in [1.82, 2.24) is 15.3 Å². The van der Waals surface area contributed by atoms with Crippen LogP contribution in [0.25, 0.3) is 0 Å². The second kappa shape index (κ2) is 10.9. The number of halogens is 4. The molecular weight excluding hydrogens is 460 g/mol. The molecule has 1 aromatic carbocycles. The van der Waals surface area contributed by atoms with E-state index in [-0.39, 0.29) is 43.2 Å². The van der Waals surface area contributed by atoms with Gasteiger partial charge in [0.25, 0.3) is 0 Å². The maximum absolute atomic E-state index is 14.7. The van der Waals surface area contributed by atoms with Crippen LogP contribution in [0.1, 0.15) is 48.3 Å². The van der Waals surface area contributed by atoms with E-state index in [1.807, 2.05) is 0 Å². The molecule has 0 atom stereocenters. The summed E-state index contributed by atoms with van der Waals surface area (Å²) in [4.78, 5) is 20.5. The molecule has 0 unspecified atom stereocenters. The molecule has 0 saturated carbocycles. The molecule has 1 aliphatic heterocycles. The van der Waals surface area contributed by atoms with Crippen molar-refractivity contribution in [2.24, 2.45) is 0 Å². The van der Waals surface area contributed by atoms with Gasteiger partial charge in [0.1, 0.15) is 5.56 Å². The van der Waals surface area contributed by atoms with E-state index in [0.29, 0.717) is 37.7 Å². The Morgan fingerprint density at radius 1 is 1.18 bits per heavy atom. The number of carbonyl (C=O) groups is 1. The molecule has 0 bridgehead atoms. The van der Waals surface area contributed by atoms with Crippen molar-refractivity contribution in [2.75, 3.05) is 31.2 Å². The Kier molecular flexibility index (Phi) is 8.13. The molecule has 0 amide bonds. The van der Waals surface area contributed by atoms with Crippen LogP contribution in [-0.4, -0.2) is 53.4 Å². The second-order valence-electron chi connectivity index (χ2n) is 7.62. The molecule has 0 aliphatic carbocycles. The lowest BCUT2D eigenvalue weighted by atomic mass is 10.0. The summed E-state index contributed by atoms with van der Waals surface area (Å²) in [5.74, 6) is -2.76. The number of alkyl halides is 3. The van der Waals surface area contributed by atoms with Gasteiger partial charge in [0.15, 0.2) is 17.2 Å². The number of benzene rings is 1. The maximum atomic E-state index is 14.7. The minimum absolute atomic E-state index is 0.0353. The van der Waals surface area contributed by atoms with Crippen LogP contribution in [-0.2, 0) is 12.7 Å². The molecule has 2 aromatic rings. The highest BCUT2D eigenvalue weighted by atomic mass is 19.4. The molecule has 34 heavy (non-hydrogen) atoms. The molecule has 3 rings (SSSR count). The normalized spacial score (nSPS) is 14.6. The van der Waals surface area contributed by atoms with Crippen LogP contribution in [0.2, 0.25) is 0 Å². The fourth-order valence-electron chi connectivity index (χ4n) is 3.80. The van der Waals surface area contributed by atoms with Gasteiger partial charge in [-0.05, 0) is 57.5 Å². The fourth-order valence-corrected chi connectivity index (χ4v) is 3.80. The summed E-state index contributed by atoms with van der Waals surface area (Å²) < 4.78 is 66.2. The number of rotatable bonds is 9. The van der Waals surface area contributed by atoms with E-state index in [4.69, 9.17) is 14.6 Å². The molecule has 1 aromatic heterocycles. The van der Waals surface area contributed by atoms with E-state index in [1.54, 1.807) is 18.7 Å². The van der Waals surface area contributed by atoms with Crippen LogP contribution >= 0.6 is 0 Å². The predicted molar refractivity (Wildman–Crippen MR) is 115 cm³/mol. The number of carboxylic acid groups (broad SMARTS) is 1. The standard InChI is InChI=1S/C22H26F4N4O4/c1-3-33-16-9-13(10-17(18(16)23)34-4-2)12-30(14-5-7-27-8-6-14)21-28-11-15(20(31)32)19(29-21)22(24,25)26/h9-11,14,27H,3-8,12H2,1-2H3,(H,31,32). The minimum atomic E-state index is -4.98. The zero-order chi connectivity index (χ0) is 24.9. The summed E-state index contributed by atoms with van der Waals surface area (Å²) in [7, 11) is 0. The summed E-state index contributed by atoms with van der Waals surface area (Å²) >= 11 is 0. The SMILES string of the molecule is CCOc1cc(CN(c2ncc(C(=O)O)c(C(F)(F)F)n2)C2CCNCC2)cc(OCC)c1F. The van der Waals surface area contributed by atoms with Crippen molar-refractivity contribution in [2.45, 2.75) is 45.5 Å². The number of aromatic carboxylic acids is 1. The van der Waals surface area contributed by atoms with E-state index in [0.717, 1.165) is 0 Å². The van der Waals surface area contributed by atoms with E-state index >= 15 is 0 Å². The van der Waals surface area contributed by atoms with Crippen LogP contribution in [0, 0.1) is 5.82 Å². The number of anilines is 1. The summed E-state index contributed by atoms with van der Waals surface area (Å²) in [6.07, 6.45) is -3.11. The number of piperidine rings is 1. The van der Waals surface area contributed by atoms with Gasteiger partial charge >= 0.3 is 12.1 Å². The number of ether oxygens (including phenoxy) is 2. The lowest BCUT2D eigenvalue weighted by Crippen LogP contribution is -2.44. The first-order chi connectivity index (χ1) is 16.2. The third-order valence-electron chi connectivity index (χ3n) is 5.30. The highest BCUT2D eigenvalue weighted by molar-refractivity contribution is 5.88. The number of nitrogens with zero attached hydrogens (tertiary/aromatic N) is 3. The zero-order valence-corrected chi connectivity index (χ0v) is 18.8. The average molecular weight is 486 g/mol. The molecule has 1 aliphatic rings. The molecule has 1 saturated heterocycles. The zero-order valence-electron chi connectivity index (χ0n) is 18.8. The van der Waals surface area contributed by atoms with Crippen molar-refractivity contribution in [1.29, 1.82) is 0 Å². The van der Waals surface area contributed by atoms with Crippen LogP contribution in [0.5, 0.6) is 11.5 Å². The molecule has 0 radical (unpaired) electrons. The number of hydrogen-bond donors (Lipinski definition) is 2. The van der Waals surface area contributed by atoms with Crippen molar-refractivity contribution in [3.63, 3.8) is 0 Å². The highest BCUT2D eigenvalue weighted by Crippen LogP contribution is 2.34. The molecule has 1 fully saturated rings. The van der Waals surface area contributed by atoms with Gasteiger partial charge < -0.3 is 24.8 Å².